The van der Waals surface area contributed by atoms with Crippen LogP contribution in [0, 0.1) is 0 Å². The van der Waals surface area contributed by atoms with Gasteiger partial charge in [-0.2, -0.15) is 5.10 Å². The molecule has 0 aliphatic heterocycles. The number of nitrogens with two attached hydrogens (primary N) is 1. The maximum Gasteiger partial charge on any atom is 0.107 e. The van der Waals surface area contributed by atoms with Gasteiger partial charge in [0.25, 0.3) is 0 Å². The Hall–Kier alpha value is -0.900. The Kier molecular flexibility index (Phi) is 2.59. The van der Waals surface area contributed by atoms with Crippen LogP contribution in [0.25, 0.3) is 0 Å². The zero-order valence-electron chi connectivity index (χ0n) is 6.45. The Bertz CT molecular complexity index is 254. The van der Waals surface area contributed by atoms with Gasteiger partial charge in [-0.05, 0) is 6.42 Å². The fourth-order valence-corrected chi connectivity index (χ4v) is 0.948. The van der Waals surface area contributed by atoms with Crippen LogP contribution in [0.1, 0.15) is 18.9 Å². The van der Waals surface area contributed by atoms with Gasteiger partial charge in [0.1, 0.15) is 4.99 Å². The molecule has 0 saturated heterocycles. The largest absolute Gasteiger partial charge is 0.389 e. The van der Waals surface area contributed by atoms with E-state index in [0.717, 1.165) is 18.5 Å². The standard InChI is InChI=1S/C7H11N3S/c1-2-3-10-5-6(4-9-10)7(8)11/h4-5H,2-3H2,1H3,(H2,8,11). The third-order valence-corrected chi connectivity index (χ3v) is 1.61. The molecular weight excluding hydrogens is 158 g/mol. The van der Waals surface area contributed by atoms with E-state index in [1.165, 1.54) is 0 Å². The lowest BCUT2D eigenvalue weighted by Gasteiger charge is -1.94. The van der Waals surface area contributed by atoms with Gasteiger partial charge in [-0.3, -0.25) is 4.68 Å². The van der Waals surface area contributed by atoms with Gasteiger partial charge in [-0.15, -0.1) is 0 Å². The normalized spacial score (nSPS) is 9.91. The van der Waals surface area contributed by atoms with E-state index in [4.69, 9.17) is 18.0 Å². The summed E-state index contributed by atoms with van der Waals surface area (Å²) >= 11 is 4.78. The van der Waals surface area contributed by atoms with Crippen LogP contribution in [-0.4, -0.2) is 14.8 Å². The molecule has 0 aromatic carbocycles. The predicted octanol–water partition coefficient (Wildman–Crippen LogP) is 0.927. The molecule has 0 atom stereocenters. The van der Waals surface area contributed by atoms with Crippen molar-refractivity contribution in [1.29, 1.82) is 0 Å². The lowest BCUT2D eigenvalue weighted by molar-refractivity contribution is 0.603. The van der Waals surface area contributed by atoms with Crippen molar-refractivity contribution < 1.29 is 0 Å². The fraction of sp³-hybridized carbons (Fsp3) is 0.429. The second kappa shape index (κ2) is 3.48. The second-order valence-corrected chi connectivity index (χ2v) is 2.80. The molecule has 0 aliphatic carbocycles. The van der Waals surface area contributed by atoms with E-state index in [-0.39, 0.29) is 0 Å². The zero-order chi connectivity index (χ0) is 8.27. The second-order valence-electron chi connectivity index (χ2n) is 2.36. The molecule has 2 N–H and O–H groups in total. The van der Waals surface area contributed by atoms with E-state index in [9.17, 15) is 0 Å². The third-order valence-electron chi connectivity index (χ3n) is 1.37. The summed E-state index contributed by atoms with van der Waals surface area (Å²) in [6.07, 6.45) is 4.63. The first-order chi connectivity index (χ1) is 5.24. The van der Waals surface area contributed by atoms with Crippen LogP contribution in [0.5, 0.6) is 0 Å². The van der Waals surface area contributed by atoms with Gasteiger partial charge in [-0.25, -0.2) is 0 Å². The summed E-state index contributed by atoms with van der Waals surface area (Å²) in [6.45, 7) is 3.02. The van der Waals surface area contributed by atoms with Gasteiger partial charge in [0.15, 0.2) is 0 Å². The first-order valence-corrected chi connectivity index (χ1v) is 3.97. The Morgan fingerprint density at radius 2 is 2.55 bits per heavy atom. The minimum atomic E-state index is 0.410. The minimum Gasteiger partial charge on any atom is -0.389 e. The van der Waals surface area contributed by atoms with Crippen molar-refractivity contribution in [1.82, 2.24) is 9.78 Å². The van der Waals surface area contributed by atoms with Crippen LogP contribution < -0.4 is 5.73 Å². The van der Waals surface area contributed by atoms with Crippen molar-refractivity contribution in [3.63, 3.8) is 0 Å². The van der Waals surface area contributed by atoms with Crippen LogP contribution in [0.15, 0.2) is 12.4 Å². The zero-order valence-corrected chi connectivity index (χ0v) is 7.27. The third kappa shape index (κ3) is 2.01. The molecule has 3 nitrogen and oxygen atoms in total. The van der Waals surface area contributed by atoms with E-state index in [0.29, 0.717) is 4.99 Å². The topological polar surface area (TPSA) is 43.8 Å². The molecule has 0 amide bonds. The van der Waals surface area contributed by atoms with Crippen molar-refractivity contribution in [2.75, 3.05) is 0 Å². The Balaban J connectivity index is 2.73. The van der Waals surface area contributed by atoms with Gasteiger partial charge in [0.2, 0.25) is 0 Å². The summed E-state index contributed by atoms with van der Waals surface area (Å²) in [5, 5.41) is 4.08. The highest BCUT2D eigenvalue weighted by atomic mass is 32.1. The molecule has 0 aliphatic rings. The highest BCUT2D eigenvalue weighted by Crippen LogP contribution is 1.97. The molecule has 60 valence electrons. The van der Waals surface area contributed by atoms with Crippen LogP contribution in [0.4, 0.5) is 0 Å². The number of hydrogen-bond donors (Lipinski definition) is 1. The number of rotatable bonds is 3. The number of thiocarbonyl (C=S) groups is 1. The molecule has 0 spiro atoms. The van der Waals surface area contributed by atoms with Gasteiger partial charge < -0.3 is 5.73 Å². The van der Waals surface area contributed by atoms with Crippen LogP contribution >= 0.6 is 12.2 Å². The summed E-state index contributed by atoms with van der Waals surface area (Å²) < 4.78 is 1.84. The monoisotopic (exact) mass is 169 g/mol. The van der Waals surface area contributed by atoms with Crippen molar-refractivity contribution >= 4 is 17.2 Å². The first kappa shape index (κ1) is 8.20. The van der Waals surface area contributed by atoms with Crippen LogP contribution in [0.3, 0.4) is 0 Å². The molecule has 1 rings (SSSR count). The molecule has 1 aromatic heterocycles. The van der Waals surface area contributed by atoms with Gasteiger partial charge in [0.05, 0.1) is 6.20 Å². The number of nitrogens with zero attached hydrogens (tertiary/aromatic N) is 2. The first-order valence-electron chi connectivity index (χ1n) is 3.56. The lowest BCUT2D eigenvalue weighted by Crippen LogP contribution is -2.07. The summed E-state index contributed by atoms with van der Waals surface area (Å²) in [5.74, 6) is 0. The average Bonchev–Trinajstić information content (AvgIpc) is 2.37. The molecule has 0 saturated carbocycles. The molecule has 4 heteroatoms. The van der Waals surface area contributed by atoms with E-state index in [1.54, 1.807) is 6.20 Å². The average molecular weight is 169 g/mol. The highest BCUT2D eigenvalue weighted by Gasteiger charge is 1.98. The van der Waals surface area contributed by atoms with Crippen molar-refractivity contribution in [2.45, 2.75) is 19.9 Å². The maximum atomic E-state index is 5.40. The van der Waals surface area contributed by atoms with Crippen molar-refractivity contribution in [2.24, 2.45) is 5.73 Å². The maximum absolute atomic E-state index is 5.40. The smallest absolute Gasteiger partial charge is 0.107 e. The quantitative estimate of drug-likeness (QED) is 0.684. The van der Waals surface area contributed by atoms with E-state index in [1.807, 2.05) is 10.9 Å². The summed E-state index contributed by atoms with van der Waals surface area (Å²) in [6, 6.07) is 0. The van der Waals surface area contributed by atoms with Crippen molar-refractivity contribution in [3.8, 4) is 0 Å². The van der Waals surface area contributed by atoms with Crippen LogP contribution in [-0.2, 0) is 6.54 Å². The Labute approximate surface area is 71.2 Å². The number of aromatic nitrogens is 2. The Morgan fingerprint density at radius 3 is 3.00 bits per heavy atom. The Morgan fingerprint density at radius 1 is 1.82 bits per heavy atom. The molecule has 0 fully saturated rings. The number of hydrogen-bond acceptors (Lipinski definition) is 2. The van der Waals surface area contributed by atoms with E-state index >= 15 is 0 Å². The number of aryl methyl sites for hydroxylation is 1. The summed E-state index contributed by atoms with van der Waals surface area (Å²) in [7, 11) is 0. The fourth-order valence-electron chi connectivity index (χ4n) is 0.842. The SMILES string of the molecule is CCCn1cc(C(N)=S)cn1. The van der Waals surface area contributed by atoms with Gasteiger partial charge in [0, 0.05) is 18.3 Å². The van der Waals surface area contributed by atoms with Gasteiger partial charge in [-0.1, -0.05) is 19.1 Å². The van der Waals surface area contributed by atoms with Crippen molar-refractivity contribution in [3.05, 3.63) is 18.0 Å². The molecule has 1 aromatic rings. The molecule has 0 bridgehead atoms. The molecule has 1 heterocycles. The minimum absolute atomic E-state index is 0.410. The molecular formula is C7H11N3S. The van der Waals surface area contributed by atoms with Crippen LogP contribution in [0.2, 0.25) is 0 Å². The van der Waals surface area contributed by atoms with E-state index < -0.39 is 0 Å². The summed E-state index contributed by atoms with van der Waals surface area (Å²) in [5.41, 5.74) is 6.24. The lowest BCUT2D eigenvalue weighted by atomic mass is 10.4. The van der Waals surface area contributed by atoms with Gasteiger partial charge >= 0.3 is 0 Å². The molecule has 11 heavy (non-hydrogen) atoms. The molecule has 0 radical (unpaired) electrons. The predicted molar refractivity (Wildman–Crippen MR) is 48.4 cm³/mol. The summed E-state index contributed by atoms with van der Waals surface area (Å²) in [4.78, 5) is 0.410. The molecule has 0 unspecified atom stereocenters. The highest BCUT2D eigenvalue weighted by molar-refractivity contribution is 7.80. The van der Waals surface area contributed by atoms with E-state index in [2.05, 4.69) is 12.0 Å².